The number of aliphatic hydroxyl groups is 5. The topological polar surface area (TPSA) is 455 Å². The van der Waals surface area contributed by atoms with E-state index < -0.39 is 147 Å². The minimum atomic E-state index is -5.34. The maximum absolute atomic E-state index is 13.5. The molecule has 0 aromatic heterocycles. The Balaban J connectivity index is 3.08. The summed E-state index contributed by atoms with van der Waals surface area (Å²) in [6.07, 6.45) is -7.31. The van der Waals surface area contributed by atoms with Crippen LogP contribution in [0, 0.1) is 0 Å². The molecule has 5 amide bonds. The van der Waals surface area contributed by atoms with Gasteiger partial charge in [0, 0.05) is 6.42 Å². The minimum Gasteiger partial charge on any atom is -0.505 e. The summed E-state index contributed by atoms with van der Waals surface area (Å²) >= 11 is 0. The fourth-order valence-electron chi connectivity index (χ4n) is 5.37. The molecule has 0 saturated carbocycles. The van der Waals surface area contributed by atoms with Gasteiger partial charge in [0.2, 0.25) is 35.6 Å². The van der Waals surface area contributed by atoms with Gasteiger partial charge >= 0.3 is 25.7 Å². The normalized spacial score (nSPS) is 17.9. The molecule has 348 valence electrons. The van der Waals surface area contributed by atoms with Gasteiger partial charge in [-0.2, -0.15) is 0 Å². The number of carboxylic acids is 1. The summed E-state index contributed by atoms with van der Waals surface area (Å²) in [5.41, 5.74) is 11.0. The first-order valence-corrected chi connectivity index (χ1v) is 20.3. The molecule has 9 unspecified atom stereocenters. The second kappa shape index (κ2) is 26.4. The van der Waals surface area contributed by atoms with Gasteiger partial charge in [0.1, 0.15) is 30.2 Å². The van der Waals surface area contributed by atoms with Crippen molar-refractivity contribution in [2.24, 2.45) is 11.5 Å². The molecule has 61 heavy (non-hydrogen) atoms. The molecule has 0 bridgehead atoms. The monoisotopic (exact) mass is 901 g/mol. The number of nitrogens with one attached hydrogen (secondary N) is 5. The SMILES string of the molecule is CC(O)C(NC(=O)C(CCCCN)NC(=O)CCC(=O)OC(CO)C1OC(=O)C(OP(=O)(O)O)=C1O)C(=O)NC(C(=O)NC(CCCCN)C(=O)NC(CO)C(=O)O)C(C)O. The van der Waals surface area contributed by atoms with Gasteiger partial charge in [0.15, 0.2) is 11.9 Å². The molecule has 0 aliphatic carbocycles. The summed E-state index contributed by atoms with van der Waals surface area (Å²) in [5, 5.41) is 70.4. The molecule has 0 fully saturated rings. The average molecular weight is 902 g/mol. The molecule has 0 aromatic carbocycles. The summed E-state index contributed by atoms with van der Waals surface area (Å²) in [5.74, 6) is -12.1. The van der Waals surface area contributed by atoms with Gasteiger partial charge in [-0.25, -0.2) is 14.2 Å². The second-order valence-corrected chi connectivity index (χ2v) is 14.8. The number of aliphatic carboxylic acids is 1. The molecule has 0 radical (unpaired) electrons. The third kappa shape index (κ3) is 18.7. The molecule has 0 saturated heterocycles. The van der Waals surface area contributed by atoms with E-state index in [2.05, 4.69) is 35.8 Å². The number of carbonyl (C=O) groups excluding carboxylic acids is 7. The Kier molecular flexibility index (Phi) is 23.4. The number of esters is 2. The lowest BCUT2D eigenvalue weighted by molar-refractivity contribution is -0.165. The number of hydrogen-bond donors (Lipinski definition) is 15. The fourth-order valence-corrected chi connectivity index (χ4v) is 5.77. The van der Waals surface area contributed by atoms with E-state index in [1.165, 1.54) is 0 Å². The van der Waals surface area contributed by atoms with Crippen molar-refractivity contribution in [3.8, 4) is 0 Å². The Morgan fingerprint density at radius 3 is 1.67 bits per heavy atom. The zero-order chi connectivity index (χ0) is 46.6. The Morgan fingerprint density at radius 1 is 0.738 bits per heavy atom. The lowest BCUT2D eigenvalue weighted by Crippen LogP contribution is -2.62. The molecule has 1 aliphatic heterocycles. The van der Waals surface area contributed by atoms with E-state index in [0.29, 0.717) is 12.8 Å². The van der Waals surface area contributed by atoms with Crippen LogP contribution in [0.4, 0.5) is 0 Å². The van der Waals surface area contributed by atoms with Gasteiger partial charge in [0.05, 0.1) is 31.8 Å². The number of hydrogen-bond acceptors (Lipinski definition) is 19. The molecular weight excluding hydrogens is 845 g/mol. The van der Waals surface area contributed by atoms with Crippen LogP contribution < -0.4 is 38.1 Å². The van der Waals surface area contributed by atoms with Crippen molar-refractivity contribution in [2.75, 3.05) is 26.3 Å². The van der Waals surface area contributed by atoms with Crippen LogP contribution in [0.5, 0.6) is 0 Å². The standard InChI is InChI=1S/C33H56N7O20P/c1-15(43)23(30(50)37-18(8-4-6-12-35)28(48)38-19(13-41)32(52)53)40-31(51)24(16(2)44)39-29(49)17(7-3-5-11-34)36-21(45)9-10-22(46)58-20(14-42)26-25(47)27(33(54)59-26)60-61(55,56)57/h15-20,23-24,26,41-44,47H,3-14,34-35H2,1-2H3,(H,36,45)(H,37,50)(H,38,48)(H,39,49)(H,40,51)(H,52,53)(H2,55,56,57). The maximum Gasteiger partial charge on any atom is 0.525 e. The van der Waals surface area contributed by atoms with Crippen molar-refractivity contribution in [3.63, 3.8) is 0 Å². The summed E-state index contributed by atoms with van der Waals surface area (Å²) in [7, 11) is -5.34. The number of unbranched alkanes of at least 4 members (excludes halogenated alkanes) is 2. The van der Waals surface area contributed by atoms with Crippen LogP contribution in [0.1, 0.15) is 65.2 Å². The van der Waals surface area contributed by atoms with E-state index in [0.717, 1.165) is 13.8 Å². The summed E-state index contributed by atoms with van der Waals surface area (Å²) < 4.78 is 24.8. The Hall–Kier alpha value is -4.99. The first-order chi connectivity index (χ1) is 28.5. The lowest BCUT2D eigenvalue weighted by atomic mass is 10.0. The zero-order valence-electron chi connectivity index (χ0n) is 33.3. The molecule has 1 rings (SSSR count). The van der Waals surface area contributed by atoms with Crippen LogP contribution in [-0.2, 0) is 56.9 Å². The predicted molar refractivity (Wildman–Crippen MR) is 202 cm³/mol. The molecule has 9 atom stereocenters. The van der Waals surface area contributed by atoms with E-state index in [-0.39, 0.29) is 38.8 Å². The van der Waals surface area contributed by atoms with E-state index in [4.69, 9.17) is 26.0 Å². The largest absolute Gasteiger partial charge is 0.525 e. The van der Waals surface area contributed by atoms with Crippen LogP contribution in [0.2, 0.25) is 0 Å². The number of phosphoric ester groups is 1. The number of carboxylic acid groups (broad SMARTS) is 1. The van der Waals surface area contributed by atoms with Crippen molar-refractivity contribution >= 4 is 55.3 Å². The Morgan fingerprint density at radius 2 is 1.21 bits per heavy atom. The minimum absolute atomic E-state index is 0.0682. The smallest absolute Gasteiger partial charge is 0.505 e. The van der Waals surface area contributed by atoms with Crippen LogP contribution in [-0.4, -0.2) is 169 Å². The average Bonchev–Trinajstić information content (AvgIpc) is 3.44. The van der Waals surface area contributed by atoms with Crippen molar-refractivity contribution in [1.29, 1.82) is 0 Å². The quantitative estimate of drug-likeness (QED) is 0.0189. The highest BCUT2D eigenvalue weighted by Crippen LogP contribution is 2.42. The van der Waals surface area contributed by atoms with Gasteiger partial charge in [0.25, 0.3) is 5.76 Å². The molecule has 27 nitrogen and oxygen atoms in total. The number of amides is 5. The molecule has 28 heteroatoms. The Labute approximate surface area is 348 Å². The number of ether oxygens (including phenoxy) is 2. The highest BCUT2D eigenvalue weighted by molar-refractivity contribution is 7.46. The number of carbonyl (C=O) groups is 8. The summed E-state index contributed by atoms with van der Waals surface area (Å²) in [6, 6.07) is -8.19. The van der Waals surface area contributed by atoms with Gasteiger partial charge in [-0.05, 0) is 65.5 Å². The van der Waals surface area contributed by atoms with Crippen LogP contribution in [0.3, 0.4) is 0 Å². The number of rotatable bonds is 29. The van der Waals surface area contributed by atoms with Crippen molar-refractivity contribution in [1.82, 2.24) is 26.6 Å². The van der Waals surface area contributed by atoms with Crippen molar-refractivity contribution in [3.05, 3.63) is 11.5 Å². The van der Waals surface area contributed by atoms with Crippen LogP contribution in [0.25, 0.3) is 0 Å². The molecular formula is C33H56N7O20P. The molecule has 1 aliphatic rings. The first kappa shape index (κ1) is 54.0. The van der Waals surface area contributed by atoms with E-state index in [9.17, 15) is 73.6 Å². The summed E-state index contributed by atoms with van der Waals surface area (Å²) in [6.45, 7) is 0.546. The molecule has 1 heterocycles. The third-order valence-corrected chi connectivity index (χ3v) is 9.01. The Bertz CT molecular complexity index is 1620. The molecule has 17 N–H and O–H groups in total. The third-order valence-electron chi connectivity index (χ3n) is 8.59. The van der Waals surface area contributed by atoms with Gasteiger partial charge in [-0.3, -0.25) is 38.6 Å². The van der Waals surface area contributed by atoms with E-state index in [1.807, 2.05) is 0 Å². The van der Waals surface area contributed by atoms with Gasteiger partial charge in [-0.1, -0.05) is 0 Å². The van der Waals surface area contributed by atoms with Crippen molar-refractivity contribution in [2.45, 2.75) is 120 Å². The van der Waals surface area contributed by atoms with Gasteiger partial charge < -0.3 is 82.7 Å². The highest BCUT2D eigenvalue weighted by atomic mass is 31.2. The maximum atomic E-state index is 13.5. The lowest BCUT2D eigenvalue weighted by Gasteiger charge is -2.29. The van der Waals surface area contributed by atoms with Crippen LogP contribution >= 0.6 is 7.82 Å². The van der Waals surface area contributed by atoms with E-state index in [1.54, 1.807) is 0 Å². The number of nitrogens with two attached hydrogens (primary N) is 2. The van der Waals surface area contributed by atoms with Crippen LogP contribution in [0.15, 0.2) is 11.5 Å². The number of phosphoric acid groups is 1. The second-order valence-electron chi connectivity index (χ2n) is 13.6. The number of cyclic esters (lactones) is 1. The molecule has 0 aromatic rings. The predicted octanol–water partition coefficient (Wildman–Crippen LogP) is -6.00. The molecule has 0 spiro atoms. The highest BCUT2D eigenvalue weighted by Gasteiger charge is 2.45. The summed E-state index contributed by atoms with van der Waals surface area (Å²) in [4.78, 5) is 120. The fraction of sp³-hybridized carbons (Fsp3) is 0.697. The zero-order valence-corrected chi connectivity index (χ0v) is 34.2. The van der Waals surface area contributed by atoms with Gasteiger partial charge in [-0.15, -0.1) is 0 Å². The van der Waals surface area contributed by atoms with E-state index >= 15 is 0 Å². The first-order valence-electron chi connectivity index (χ1n) is 18.8. The number of aliphatic hydroxyl groups excluding tert-OH is 5. The van der Waals surface area contributed by atoms with Crippen molar-refractivity contribution < 1.29 is 97.3 Å².